The van der Waals surface area contributed by atoms with Crippen molar-refractivity contribution in [3.63, 3.8) is 0 Å². The highest BCUT2D eigenvalue weighted by molar-refractivity contribution is 7.98. The Morgan fingerprint density at radius 1 is 1.09 bits per heavy atom. The number of hydrogen-bond donors (Lipinski definition) is 2. The number of halogens is 1. The standard InChI is InChI=1S/C22H21ClN4O5S/c1-33-12-11-17(24-19(29)14-7-9-16(23)10-8-14)21(30)31-13-18(28)25-22-27-26-20(32-22)15-5-3-2-4-6-15/h2-10,17H,11-13H2,1H3,(H,24,29)(H,25,27,28)/t17-/m1/s1. The van der Waals surface area contributed by atoms with Crippen LogP contribution in [0, 0.1) is 0 Å². The van der Waals surface area contributed by atoms with Gasteiger partial charge in [-0.3, -0.25) is 14.9 Å². The monoisotopic (exact) mass is 488 g/mol. The van der Waals surface area contributed by atoms with Crippen molar-refractivity contribution in [2.45, 2.75) is 12.5 Å². The number of anilines is 1. The Labute approximate surface area is 199 Å². The quantitative estimate of drug-likeness (QED) is 0.416. The smallest absolute Gasteiger partial charge is 0.329 e. The van der Waals surface area contributed by atoms with Crippen molar-refractivity contribution in [1.29, 1.82) is 0 Å². The number of amides is 2. The third-order valence-corrected chi connectivity index (χ3v) is 5.24. The average Bonchev–Trinajstić information content (AvgIpc) is 3.29. The van der Waals surface area contributed by atoms with Gasteiger partial charge in [0.15, 0.2) is 6.61 Å². The molecule has 3 aromatic rings. The molecule has 2 N–H and O–H groups in total. The van der Waals surface area contributed by atoms with Gasteiger partial charge in [0.05, 0.1) is 0 Å². The Hall–Kier alpha value is -3.37. The maximum Gasteiger partial charge on any atom is 0.329 e. The molecule has 0 unspecified atom stereocenters. The first-order chi connectivity index (χ1) is 16.0. The van der Waals surface area contributed by atoms with Crippen LogP contribution in [0.2, 0.25) is 5.02 Å². The van der Waals surface area contributed by atoms with E-state index in [-0.39, 0.29) is 11.9 Å². The molecule has 0 bridgehead atoms. The molecule has 1 aromatic heterocycles. The van der Waals surface area contributed by atoms with E-state index in [1.165, 1.54) is 11.8 Å². The van der Waals surface area contributed by atoms with E-state index in [9.17, 15) is 14.4 Å². The molecule has 0 radical (unpaired) electrons. The minimum atomic E-state index is -0.915. The largest absolute Gasteiger partial charge is 0.454 e. The van der Waals surface area contributed by atoms with Crippen molar-refractivity contribution in [3.8, 4) is 11.5 Å². The number of rotatable bonds is 10. The van der Waals surface area contributed by atoms with Crippen LogP contribution in [0.5, 0.6) is 0 Å². The summed E-state index contributed by atoms with van der Waals surface area (Å²) in [6, 6.07) is 14.3. The molecular formula is C22H21ClN4O5S. The van der Waals surface area contributed by atoms with E-state index >= 15 is 0 Å². The Morgan fingerprint density at radius 2 is 1.82 bits per heavy atom. The van der Waals surface area contributed by atoms with Gasteiger partial charge in [0.25, 0.3) is 11.8 Å². The number of ether oxygens (including phenoxy) is 1. The van der Waals surface area contributed by atoms with Gasteiger partial charge in [0.2, 0.25) is 5.89 Å². The average molecular weight is 489 g/mol. The highest BCUT2D eigenvalue weighted by atomic mass is 35.5. The number of hydrogen-bond acceptors (Lipinski definition) is 8. The van der Waals surface area contributed by atoms with Crippen LogP contribution < -0.4 is 10.6 Å². The van der Waals surface area contributed by atoms with Crippen LogP contribution in [0.25, 0.3) is 11.5 Å². The molecule has 0 saturated carbocycles. The summed E-state index contributed by atoms with van der Waals surface area (Å²) < 4.78 is 10.5. The first-order valence-corrected chi connectivity index (χ1v) is 11.6. The van der Waals surface area contributed by atoms with Crippen LogP contribution in [0.4, 0.5) is 6.01 Å². The maximum absolute atomic E-state index is 12.5. The second-order valence-electron chi connectivity index (χ2n) is 6.75. The van der Waals surface area contributed by atoms with Crippen LogP contribution in [0.3, 0.4) is 0 Å². The predicted octanol–water partition coefficient (Wildman–Crippen LogP) is 3.42. The molecule has 0 fully saturated rings. The molecule has 3 rings (SSSR count). The topological polar surface area (TPSA) is 123 Å². The number of esters is 1. The molecule has 172 valence electrons. The zero-order chi connectivity index (χ0) is 23.6. The van der Waals surface area contributed by atoms with Crippen LogP contribution in [-0.4, -0.2) is 52.6 Å². The van der Waals surface area contributed by atoms with Gasteiger partial charge in [-0.15, -0.1) is 5.10 Å². The van der Waals surface area contributed by atoms with Crippen molar-refractivity contribution in [1.82, 2.24) is 15.5 Å². The molecule has 2 amide bonds. The fourth-order valence-electron chi connectivity index (χ4n) is 2.69. The van der Waals surface area contributed by atoms with Crippen LogP contribution in [0.1, 0.15) is 16.8 Å². The Kier molecular flexibility index (Phi) is 8.85. The molecule has 33 heavy (non-hydrogen) atoms. The SMILES string of the molecule is CSCC[C@@H](NC(=O)c1ccc(Cl)cc1)C(=O)OCC(=O)Nc1nnc(-c2ccccc2)o1. The Bertz CT molecular complexity index is 1090. The minimum absolute atomic E-state index is 0.120. The van der Waals surface area contributed by atoms with Crippen LogP contribution in [-0.2, 0) is 14.3 Å². The lowest BCUT2D eigenvalue weighted by molar-refractivity contribution is -0.149. The number of carbonyl (C=O) groups is 3. The van der Waals surface area contributed by atoms with Gasteiger partial charge < -0.3 is 14.5 Å². The fourth-order valence-corrected chi connectivity index (χ4v) is 3.29. The highest BCUT2D eigenvalue weighted by Crippen LogP contribution is 2.19. The molecule has 0 aliphatic heterocycles. The van der Waals surface area contributed by atoms with E-state index in [2.05, 4.69) is 20.8 Å². The van der Waals surface area contributed by atoms with Gasteiger partial charge in [-0.2, -0.15) is 11.8 Å². The van der Waals surface area contributed by atoms with E-state index in [0.29, 0.717) is 28.3 Å². The highest BCUT2D eigenvalue weighted by Gasteiger charge is 2.24. The lowest BCUT2D eigenvalue weighted by Gasteiger charge is -2.17. The normalized spacial score (nSPS) is 11.5. The fraction of sp³-hybridized carbons (Fsp3) is 0.227. The van der Waals surface area contributed by atoms with Crippen molar-refractivity contribution in [2.75, 3.05) is 23.9 Å². The summed E-state index contributed by atoms with van der Waals surface area (Å²) in [6.07, 6.45) is 2.22. The van der Waals surface area contributed by atoms with Gasteiger partial charge in [-0.05, 0) is 54.8 Å². The zero-order valence-electron chi connectivity index (χ0n) is 17.6. The number of nitrogens with zero attached hydrogens (tertiary/aromatic N) is 2. The van der Waals surface area contributed by atoms with Gasteiger partial charge in [-0.25, -0.2) is 4.79 Å². The van der Waals surface area contributed by atoms with Crippen LogP contribution >= 0.6 is 23.4 Å². The van der Waals surface area contributed by atoms with Crippen molar-refractivity contribution in [2.24, 2.45) is 0 Å². The molecule has 0 aliphatic rings. The van der Waals surface area contributed by atoms with Gasteiger partial charge in [0.1, 0.15) is 6.04 Å². The first kappa shape index (κ1) is 24.3. The summed E-state index contributed by atoms with van der Waals surface area (Å²) in [4.78, 5) is 37.1. The van der Waals surface area contributed by atoms with Gasteiger partial charge in [-0.1, -0.05) is 34.9 Å². The summed E-state index contributed by atoms with van der Waals surface area (Å²) >= 11 is 7.36. The lowest BCUT2D eigenvalue weighted by atomic mass is 10.1. The summed E-state index contributed by atoms with van der Waals surface area (Å²) in [7, 11) is 0. The third kappa shape index (κ3) is 7.33. The number of nitrogens with one attached hydrogen (secondary N) is 2. The molecular weight excluding hydrogens is 468 g/mol. The van der Waals surface area contributed by atoms with E-state index in [1.54, 1.807) is 36.4 Å². The van der Waals surface area contributed by atoms with Crippen molar-refractivity contribution in [3.05, 3.63) is 65.2 Å². The molecule has 1 heterocycles. The second-order valence-corrected chi connectivity index (χ2v) is 8.17. The zero-order valence-corrected chi connectivity index (χ0v) is 19.2. The minimum Gasteiger partial charge on any atom is -0.454 e. The summed E-state index contributed by atoms with van der Waals surface area (Å²) in [6.45, 7) is -0.575. The van der Waals surface area contributed by atoms with Crippen molar-refractivity contribution < 1.29 is 23.5 Å². The number of aromatic nitrogens is 2. The molecule has 9 nitrogen and oxygen atoms in total. The second kappa shape index (κ2) is 12.0. The molecule has 1 atom stereocenters. The van der Waals surface area contributed by atoms with E-state index in [4.69, 9.17) is 20.8 Å². The number of benzene rings is 2. The number of thioether (sulfide) groups is 1. The predicted molar refractivity (Wildman–Crippen MR) is 125 cm³/mol. The first-order valence-electron chi connectivity index (χ1n) is 9.87. The van der Waals surface area contributed by atoms with Gasteiger partial charge >= 0.3 is 12.0 Å². The van der Waals surface area contributed by atoms with E-state index < -0.39 is 30.4 Å². The summed E-state index contributed by atoms with van der Waals surface area (Å²) in [5.74, 6) is -0.975. The molecule has 2 aromatic carbocycles. The lowest BCUT2D eigenvalue weighted by Crippen LogP contribution is -2.43. The summed E-state index contributed by atoms with van der Waals surface area (Å²) in [5.41, 5.74) is 1.05. The molecule has 0 aliphatic carbocycles. The third-order valence-electron chi connectivity index (χ3n) is 4.34. The van der Waals surface area contributed by atoms with E-state index in [1.807, 2.05) is 24.5 Å². The molecule has 0 saturated heterocycles. The molecule has 0 spiro atoms. The maximum atomic E-state index is 12.5. The van der Waals surface area contributed by atoms with Crippen LogP contribution in [0.15, 0.2) is 59.0 Å². The summed E-state index contributed by atoms with van der Waals surface area (Å²) in [5, 5.41) is 13.1. The molecule has 11 heteroatoms. The van der Waals surface area contributed by atoms with Gasteiger partial charge in [0, 0.05) is 16.1 Å². The van der Waals surface area contributed by atoms with E-state index in [0.717, 1.165) is 0 Å². The Morgan fingerprint density at radius 3 is 2.52 bits per heavy atom. The number of carbonyl (C=O) groups excluding carboxylic acids is 3. The Balaban J connectivity index is 1.53. The van der Waals surface area contributed by atoms with Crippen molar-refractivity contribution >= 4 is 47.2 Å².